The molecule has 2 fully saturated rings. The van der Waals surface area contributed by atoms with Crippen LogP contribution in [0.1, 0.15) is 45.4 Å². The highest BCUT2D eigenvalue weighted by molar-refractivity contribution is 5.79. The Balaban J connectivity index is 2.04. The lowest BCUT2D eigenvalue weighted by molar-refractivity contribution is -0.131. The number of carbonyl (C=O) groups is 1. The molecule has 0 aromatic rings. The van der Waals surface area contributed by atoms with Gasteiger partial charge in [0.15, 0.2) is 0 Å². The molecule has 1 saturated carbocycles. The SMILES string of the molecule is CCC1CCCCC1N1CC(N)CC1=O. The van der Waals surface area contributed by atoms with Gasteiger partial charge in [-0.05, 0) is 18.8 Å². The fourth-order valence-corrected chi connectivity index (χ4v) is 3.16. The summed E-state index contributed by atoms with van der Waals surface area (Å²) < 4.78 is 0. The molecule has 1 heterocycles. The average molecular weight is 210 g/mol. The molecule has 3 heteroatoms. The summed E-state index contributed by atoms with van der Waals surface area (Å²) in [6.45, 7) is 3.03. The van der Waals surface area contributed by atoms with E-state index in [1.807, 2.05) is 0 Å². The number of hydrogen-bond acceptors (Lipinski definition) is 2. The third kappa shape index (κ3) is 2.17. The van der Waals surface area contributed by atoms with Crippen LogP contribution in [0.15, 0.2) is 0 Å². The number of carbonyl (C=O) groups excluding carboxylic acids is 1. The molecule has 3 unspecified atom stereocenters. The van der Waals surface area contributed by atoms with Gasteiger partial charge in [0.2, 0.25) is 5.91 Å². The molecule has 0 aromatic heterocycles. The Kier molecular flexibility index (Phi) is 3.29. The van der Waals surface area contributed by atoms with Gasteiger partial charge < -0.3 is 10.6 Å². The molecule has 0 radical (unpaired) electrons. The first-order valence-electron chi connectivity index (χ1n) is 6.27. The van der Waals surface area contributed by atoms with Gasteiger partial charge >= 0.3 is 0 Å². The molecule has 86 valence electrons. The second-order valence-corrected chi connectivity index (χ2v) is 5.03. The van der Waals surface area contributed by atoms with Crippen molar-refractivity contribution in [3.05, 3.63) is 0 Å². The van der Waals surface area contributed by atoms with Crippen molar-refractivity contribution in [1.29, 1.82) is 0 Å². The Labute approximate surface area is 92.0 Å². The molecule has 1 aliphatic carbocycles. The van der Waals surface area contributed by atoms with Gasteiger partial charge in [0, 0.05) is 25.0 Å². The third-order valence-electron chi connectivity index (χ3n) is 3.98. The lowest BCUT2D eigenvalue weighted by Gasteiger charge is -2.37. The van der Waals surface area contributed by atoms with E-state index in [9.17, 15) is 4.79 Å². The van der Waals surface area contributed by atoms with E-state index >= 15 is 0 Å². The van der Waals surface area contributed by atoms with Crippen molar-refractivity contribution >= 4 is 5.91 Å². The monoisotopic (exact) mass is 210 g/mol. The first kappa shape index (κ1) is 10.9. The van der Waals surface area contributed by atoms with Crippen molar-refractivity contribution in [3.63, 3.8) is 0 Å². The van der Waals surface area contributed by atoms with Crippen molar-refractivity contribution in [2.75, 3.05) is 6.54 Å². The normalized spacial score (nSPS) is 37.3. The van der Waals surface area contributed by atoms with Crippen molar-refractivity contribution in [2.24, 2.45) is 11.7 Å². The van der Waals surface area contributed by atoms with Gasteiger partial charge in [0.1, 0.15) is 0 Å². The van der Waals surface area contributed by atoms with Crippen LogP contribution in [0.3, 0.4) is 0 Å². The Morgan fingerprint density at radius 3 is 2.73 bits per heavy atom. The fraction of sp³-hybridized carbons (Fsp3) is 0.917. The van der Waals surface area contributed by atoms with E-state index < -0.39 is 0 Å². The Hall–Kier alpha value is -0.570. The molecule has 1 aliphatic heterocycles. The molecule has 2 N–H and O–H groups in total. The largest absolute Gasteiger partial charge is 0.338 e. The minimum atomic E-state index is 0.0805. The number of hydrogen-bond donors (Lipinski definition) is 1. The van der Waals surface area contributed by atoms with Crippen LogP contribution in [-0.2, 0) is 4.79 Å². The van der Waals surface area contributed by atoms with Crippen LogP contribution < -0.4 is 5.73 Å². The predicted molar refractivity (Wildman–Crippen MR) is 60.3 cm³/mol. The van der Waals surface area contributed by atoms with E-state index in [0.717, 1.165) is 6.54 Å². The zero-order chi connectivity index (χ0) is 10.8. The van der Waals surface area contributed by atoms with Crippen LogP contribution in [0.4, 0.5) is 0 Å². The van der Waals surface area contributed by atoms with E-state index in [1.165, 1.54) is 32.1 Å². The molecule has 2 aliphatic rings. The molecule has 0 bridgehead atoms. The van der Waals surface area contributed by atoms with Gasteiger partial charge in [0.25, 0.3) is 0 Å². The van der Waals surface area contributed by atoms with Crippen LogP contribution in [0.25, 0.3) is 0 Å². The van der Waals surface area contributed by atoms with Gasteiger partial charge in [-0.1, -0.05) is 26.2 Å². The smallest absolute Gasteiger partial charge is 0.224 e. The highest BCUT2D eigenvalue weighted by Crippen LogP contribution is 2.32. The standard InChI is InChI=1S/C12H22N2O/c1-2-9-5-3-4-6-11(9)14-8-10(13)7-12(14)15/h9-11H,2-8,13H2,1H3. The van der Waals surface area contributed by atoms with Gasteiger partial charge in [-0.2, -0.15) is 0 Å². The van der Waals surface area contributed by atoms with Crippen molar-refractivity contribution in [1.82, 2.24) is 4.90 Å². The number of nitrogens with zero attached hydrogens (tertiary/aromatic N) is 1. The highest BCUT2D eigenvalue weighted by Gasteiger charge is 2.36. The summed E-state index contributed by atoms with van der Waals surface area (Å²) in [6.07, 6.45) is 6.86. The maximum atomic E-state index is 11.8. The minimum absolute atomic E-state index is 0.0805. The van der Waals surface area contributed by atoms with Crippen LogP contribution in [0.2, 0.25) is 0 Å². The lowest BCUT2D eigenvalue weighted by atomic mass is 9.82. The highest BCUT2D eigenvalue weighted by atomic mass is 16.2. The Morgan fingerprint density at radius 1 is 1.40 bits per heavy atom. The maximum absolute atomic E-state index is 11.8. The number of nitrogens with two attached hydrogens (primary N) is 1. The van der Waals surface area contributed by atoms with Gasteiger partial charge in [-0.3, -0.25) is 4.79 Å². The molecule has 1 amide bonds. The zero-order valence-electron chi connectivity index (χ0n) is 9.61. The summed E-state index contributed by atoms with van der Waals surface area (Å²) in [5, 5.41) is 0. The fourth-order valence-electron chi connectivity index (χ4n) is 3.16. The first-order valence-corrected chi connectivity index (χ1v) is 6.27. The predicted octanol–water partition coefficient (Wildman–Crippen LogP) is 1.51. The van der Waals surface area contributed by atoms with Crippen LogP contribution >= 0.6 is 0 Å². The molecule has 3 atom stereocenters. The summed E-state index contributed by atoms with van der Waals surface area (Å²) in [7, 11) is 0. The van der Waals surface area contributed by atoms with Crippen LogP contribution in [-0.4, -0.2) is 29.4 Å². The lowest BCUT2D eigenvalue weighted by Crippen LogP contribution is -2.44. The summed E-state index contributed by atoms with van der Waals surface area (Å²) in [4.78, 5) is 13.9. The summed E-state index contributed by atoms with van der Waals surface area (Å²) in [6, 6.07) is 0.571. The van der Waals surface area contributed by atoms with Crippen molar-refractivity contribution in [3.8, 4) is 0 Å². The second kappa shape index (κ2) is 4.52. The quantitative estimate of drug-likeness (QED) is 0.751. The van der Waals surface area contributed by atoms with Gasteiger partial charge in [-0.15, -0.1) is 0 Å². The van der Waals surface area contributed by atoms with Crippen LogP contribution in [0.5, 0.6) is 0 Å². The maximum Gasteiger partial charge on any atom is 0.224 e. The van der Waals surface area contributed by atoms with E-state index in [-0.39, 0.29) is 11.9 Å². The van der Waals surface area contributed by atoms with E-state index in [0.29, 0.717) is 18.4 Å². The Bertz CT molecular complexity index is 242. The molecule has 0 aromatic carbocycles. The van der Waals surface area contributed by atoms with E-state index in [2.05, 4.69) is 11.8 Å². The number of likely N-dealkylation sites (tertiary alicyclic amines) is 1. The zero-order valence-corrected chi connectivity index (χ0v) is 9.61. The van der Waals surface area contributed by atoms with Crippen LogP contribution in [0, 0.1) is 5.92 Å². The third-order valence-corrected chi connectivity index (χ3v) is 3.98. The number of amides is 1. The number of rotatable bonds is 2. The van der Waals surface area contributed by atoms with Crippen molar-refractivity contribution < 1.29 is 4.79 Å². The molecule has 15 heavy (non-hydrogen) atoms. The molecular weight excluding hydrogens is 188 g/mol. The minimum Gasteiger partial charge on any atom is -0.338 e. The summed E-state index contributed by atoms with van der Waals surface area (Å²) >= 11 is 0. The summed E-state index contributed by atoms with van der Waals surface area (Å²) in [5.74, 6) is 1.00. The molecule has 3 nitrogen and oxygen atoms in total. The average Bonchev–Trinajstić information content (AvgIpc) is 2.57. The topological polar surface area (TPSA) is 46.3 Å². The Morgan fingerprint density at radius 2 is 2.13 bits per heavy atom. The van der Waals surface area contributed by atoms with E-state index in [4.69, 9.17) is 5.73 Å². The molecular formula is C12H22N2O. The molecule has 1 saturated heterocycles. The molecule has 2 rings (SSSR count). The van der Waals surface area contributed by atoms with Gasteiger partial charge in [0.05, 0.1) is 0 Å². The van der Waals surface area contributed by atoms with Gasteiger partial charge in [-0.25, -0.2) is 0 Å². The summed E-state index contributed by atoms with van der Waals surface area (Å²) in [5.41, 5.74) is 5.85. The van der Waals surface area contributed by atoms with Crippen molar-refractivity contribution in [2.45, 2.75) is 57.5 Å². The second-order valence-electron chi connectivity index (χ2n) is 5.03. The molecule has 0 spiro atoms. The van der Waals surface area contributed by atoms with E-state index in [1.54, 1.807) is 0 Å². The first-order chi connectivity index (χ1) is 7.22.